The molecule has 0 fully saturated rings. The van der Waals surface area contributed by atoms with Gasteiger partial charge in [-0.3, -0.25) is 4.72 Å². The van der Waals surface area contributed by atoms with Crippen LogP contribution in [0.3, 0.4) is 0 Å². The minimum atomic E-state index is -3.95. The van der Waals surface area contributed by atoms with E-state index in [0.29, 0.717) is 10.6 Å². The molecule has 0 atom stereocenters. The molecule has 0 aliphatic rings. The smallest absolute Gasteiger partial charge is 0.279 e. The quantitative estimate of drug-likeness (QED) is 0.868. The van der Waals surface area contributed by atoms with Crippen molar-refractivity contribution >= 4 is 50.5 Å². The maximum absolute atomic E-state index is 12.2. The third-order valence-electron chi connectivity index (χ3n) is 2.50. The lowest BCUT2D eigenvalue weighted by molar-refractivity contribution is 0.281. The molecule has 2 rings (SSSR count). The van der Waals surface area contributed by atoms with Gasteiger partial charge in [-0.1, -0.05) is 40.9 Å². The van der Waals surface area contributed by atoms with Crippen LogP contribution in [0.1, 0.15) is 5.56 Å². The molecule has 5 nitrogen and oxygen atoms in total. The molecule has 0 unspecified atom stereocenters. The molecule has 112 valence electrons. The van der Waals surface area contributed by atoms with Crippen molar-refractivity contribution in [2.75, 3.05) is 4.72 Å². The van der Waals surface area contributed by atoms with Crippen molar-refractivity contribution in [1.82, 2.24) is 4.98 Å². The van der Waals surface area contributed by atoms with Crippen LogP contribution in [0.2, 0.25) is 15.1 Å². The van der Waals surface area contributed by atoms with Crippen molar-refractivity contribution in [3.05, 3.63) is 51.1 Å². The maximum atomic E-state index is 12.2. The molecule has 1 heterocycles. The molecule has 1 aromatic carbocycles. The van der Waals surface area contributed by atoms with Crippen molar-refractivity contribution in [2.24, 2.45) is 0 Å². The molecule has 0 radical (unpaired) electrons. The van der Waals surface area contributed by atoms with E-state index in [0.717, 1.165) is 0 Å². The van der Waals surface area contributed by atoms with Gasteiger partial charge in [0, 0.05) is 11.2 Å². The van der Waals surface area contributed by atoms with Gasteiger partial charge in [-0.2, -0.15) is 8.42 Å². The third kappa shape index (κ3) is 3.78. The second-order valence-electron chi connectivity index (χ2n) is 4.01. The van der Waals surface area contributed by atoms with E-state index in [4.69, 9.17) is 39.9 Å². The standard InChI is InChI=1S/C12H9Cl3N2O3S/c13-8-3-9(14)12(10(15)4-8)17-21(19,20)11-2-1-7(6-18)5-16-11/h1-5,17-18H,6H2. The average Bonchev–Trinajstić information content (AvgIpc) is 2.43. The number of nitrogens with one attached hydrogen (secondary N) is 1. The molecule has 2 N–H and O–H groups in total. The highest BCUT2D eigenvalue weighted by atomic mass is 35.5. The number of aliphatic hydroxyl groups is 1. The van der Waals surface area contributed by atoms with E-state index in [1.165, 1.54) is 30.5 Å². The second-order valence-corrected chi connectivity index (χ2v) is 6.89. The first-order chi connectivity index (χ1) is 9.83. The number of pyridine rings is 1. The largest absolute Gasteiger partial charge is 0.392 e. The Morgan fingerprint density at radius 2 is 1.76 bits per heavy atom. The zero-order valence-corrected chi connectivity index (χ0v) is 13.4. The van der Waals surface area contributed by atoms with Gasteiger partial charge in [-0.05, 0) is 23.8 Å². The molecule has 0 saturated heterocycles. The predicted molar refractivity (Wildman–Crippen MR) is 82.4 cm³/mol. The lowest BCUT2D eigenvalue weighted by Gasteiger charge is -2.11. The molecule has 9 heteroatoms. The number of aromatic nitrogens is 1. The molecule has 0 bridgehead atoms. The molecule has 21 heavy (non-hydrogen) atoms. The van der Waals surface area contributed by atoms with E-state index >= 15 is 0 Å². The van der Waals surface area contributed by atoms with Crippen molar-refractivity contribution in [3.8, 4) is 0 Å². The van der Waals surface area contributed by atoms with Gasteiger partial charge in [0.1, 0.15) is 0 Å². The van der Waals surface area contributed by atoms with Crippen LogP contribution in [0.4, 0.5) is 5.69 Å². The minimum absolute atomic E-state index is 0.0239. The molecule has 0 saturated carbocycles. The van der Waals surface area contributed by atoms with Crippen LogP contribution in [-0.2, 0) is 16.6 Å². The van der Waals surface area contributed by atoms with E-state index in [-0.39, 0.29) is 27.4 Å². The highest BCUT2D eigenvalue weighted by Crippen LogP contribution is 2.34. The van der Waals surface area contributed by atoms with E-state index < -0.39 is 10.0 Å². The Balaban J connectivity index is 2.37. The van der Waals surface area contributed by atoms with Crippen molar-refractivity contribution < 1.29 is 13.5 Å². The predicted octanol–water partition coefficient (Wildman–Crippen LogP) is 3.33. The number of anilines is 1. The Morgan fingerprint density at radius 3 is 2.24 bits per heavy atom. The van der Waals surface area contributed by atoms with Gasteiger partial charge < -0.3 is 5.11 Å². The van der Waals surface area contributed by atoms with Gasteiger partial charge in [0.15, 0.2) is 5.03 Å². The summed E-state index contributed by atoms with van der Waals surface area (Å²) in [5.74, 6) is 0. The molecule has 0 amide bonds. The molecule has 2 aromatic rings. The fourth-order valence-electron chi connectivity index (χ4n) is 1.49. The van der Waals surface area contributed by atoms with Crippen LogP contribution in [-0.4, -0.2) is 18.5 Å². The normalized spacial score (nSPS) is 11.4. The van der Waals surface area contributed by atoms with Gasteiger partial charge in [-0.25, -0.2) is 4.98 Å². The van der Waals surface area contributed by atoms with Crippen LogP contribution in [0.15, 0.2) is 35.5 Å². The summed E-state index contributed by atoms with van der Waals surface area (Å²) in [5.41, 5.74) is 0.521. The summed E-state index contributed by atoms with van der Waals surface area (Å²) in [6.45, 7) is -0.227. The minimum Gasteiger partial charge on any atom is -0.392 e. The Bertz CT molecular complexity index is 741. The molecular formula is C12H9Cl3N2O3S. The van der Waals surface area contributed by atoms with Crippen LogP contribution < -0.4 is 4.72 Å². The first-order valence-electron chi connectivity index (χ1n) is 5.56. The fourth-order valence-corrected chi connectivity index (χ4v) is 3.55. The number of hydrogen-bond acceptors (Lipinski definition) is 4. The second kappa shape index (κ2) is 6.37. The zero-order chi connectivity index (χ0) is 15.6. The summed E-state index contributed by atoms with van der Waals surface area (Å²) >= 11 is 17.6. The van der Waals surface area contributed by atoms with Gasteiger partial charge in [0.25, 0.3) is 10.0 Å². The van der Waals surface area contributed by atoms with Gasteiger partial charge in [0.05, 0.1) is 22.3 Å². The lowest BCUT2D eigenvalue weighted by atomic mass is 10.3. The monoisotopic (exact) mass is 366 g/mol. The Hall–Kier alpha value is -1.05. The van der Waals surface area contributed by atoms with Crippen molar-refractivity contribution in [1.29, 1.82) is 0 Å². The van der Waals surface area contributed by atoms with Gasteiger partial charge in [-0.15, -0.1) is 0 Å². The number of rotatable bonds is 4. The maximum Gasteiger partial charge on any atom is 0.279 e. The summed E-state index contributed by atoms with van der Waals surface area (Å²) in [4.78, 5) is 3.77. The Labute approximate surface area is 136 Å². The van der Waals surface area contributed by atoms with E-state index in [1.54, 1.807) is 0 Å². The molecule has 0 aliphatic carbocycles. The number of benzene rings is 1. The van der Waals surface area contributed by atoms with Crippen LogP contribution in [0.25, 0.3) is 0 Å². The van der Waals surface area contributed by atoms with Crippen LogP contribution in [0, 0.1) is 0 Å². The Morgan fingerprint density at radius 1 is 1.14 bits per heavy atom. The Kier molecular flexibility index (Phi) is 4.95. The molecular weight excluding hydrogens is 359 g/mol. The van der Waals surface area contributed by atoms with Gasteiger partial charge in [0.2, 0.25) is 0 Å². The SMILES string of the molecule is O=S(=O)(Nc1c(Cl)cc(Cl)cc1Cl)c1ccc(CO)cn1. The van der Waals surface area contributed by atoms with Crippen LogP contribution >= 0.6 is 34.8 Å². The summed E-state index contributed by atoms with van der Waals surface area (Å²) in [5, 5.41) is 9.13. The van der Waals surface area contributed by atoms with E-state index in [2.05, 4.69) is 9.71 Å². The summed E-state index contributed by atoms with van der Waals surface area (Å²) in [6.07, 6.45) is 1.26. The number of hydrogen-bond donors (Lipinski definition) is 2. The molecule has 0 aliphatic heterocycles. The van der Waals surface area contributed by atoms with Crippen molar-refractivity contribution in [3.63, 3.8) is 0 Å². The van der Waals surface area contributed by atoms with Crippen molar-refractivity contribution in [2.45, 2.75) is 11.6 Å². The highest BCUT2D eigenvalue weighted by molar-refractivity contribution is 7.92. The summed E-state index contributed by atoms with van der Waals surface area (Å²) < 4.78 is 26.7. The molecule has 1 aromatic heterocycles. The summed E-state index contributed by atoms with van der Waals surface area (Å²) in [6, 6.07) is 5.46. The van der Waals surface area contributed by atoms with Crippen LogP contribution in [0.5, 0.6) is 0 Å². The zero-order valence-electron chi connectivity index (χ0n) is 10.3. The summed E-state index contributed by atoms with van der Waals surface area (Å²) in [7, 11) is -3.95. The number of sulfonamides is 1. The fraction of sp³-hybridized carbons (Fsp3) is 0.0833. The number of halogens is 3. The topological polar surface area (TPSA) is 79.3 Å². The number of nitrogens with zero attached hydrogens (tertiary/aromatic N) is 1. The molecule has 0 spiro atoms. The average molecular weight is 368 g/mol. The first-order valence-corrected chi connectivity index (χ1v) is 8.18. The lowest BCUT2D eigenvalue weighted by Crippen LogP contribution is -2.15. The first kappa shape index (κ1) is 16.3. The number of aliphatic hydroxyl groups excluding tert-OH is 1. The van der Waals surface area contributed by atoms with E-state index in [1.807, 2.05) is 0 Å². The highest BCUT2D eigenvalue weighted by Gasteiger charge is 2.19. The van der Waals surface area contributed by atoms with Gasteiger partial charge >= 0.3 is 0 Å². The third-order valence-corrected chi connectivity index (χ3v) is 4.58. The van der Waals surface area contributed by atoms with E-state index in [9.17, 15) is 8.42 Å².